The van der Waals surface area contributed by atoms with Crippen molar-refractivity contribution in [2.45, 2.75) is 52.4 Å². The van der Waals surface area contributed by atoms with Gasteiger partial charge in [-0.2, -0.15) is 0 Å². The van der Waals surface area contributed by atoms with Crippen LogP contribution in [0.25, 0.3) is 0 Å². The van der Waals surface area contributed by atoms with E-state index in [0.29, 0.717) is 18.7 Å². The van der Waals surface area contributed by atoms with Gasteiger partial charge in [-0.25, -0.2) is 0 Å². The number of rotatable bonds is 8. The number of hydrogen-bond acceptors (Lipinski definition) is 2. The number of amides is 1. The first-order valence-corrected chi connectivity index (χ1v) is 7.35. The lowest BCUT2D eigenvalue weighted by atomic mass is 10.1. The summed E-state index contributed by atoms with van der Waals surface area (Å²) < 4.78 is 0. The highest BCUT2D eigenvalue weighted by molar-refractivity contribution is 5.93. The van der Waals surface area contributed by atoms with Crippen LogP contribution >= 0.6 is 0 Å². The van der Waals surface area contributed by atoms with E-state index < -0.39 is 0 Å². The minimum absolute atomic E-state index is 0.199. The Morgan fingerprint density at radius 3 is 2.53 bits per heavy atom. The van der Waals surface area contributed by atoms with Crippen LogP contribution in [-0.4, -0.2) is 12.5 Å². The Hall–Kier alpha value is -1.51. The predicted molar refractivity (Wildman–Crippen MR) is 82.3 cm³/mol. The molecule has 2 N–H and O–H groups in total. The SMILES string of the molecule is CCCCCCCC(=O)N(CC)c1cccc(N)c1. The number of nitrogens with two attached hydrogens (primary N) is 1. The molecular weight excluding hydrogens is 236 g/mol. The molecule has 19 heavy (non-hydrogen) atoms. The summed E-state index contributed by atoms with van der Waals surface area (Å²) in [4.78, 5) is 14.0. The van der Waals surface area contributed by atoms with E-state index in [1.807, 2.05) is 36.1 Å². The summed E-state index contributed by atoms with van der Waals surface area (Å²) >= 11 is 0. The number of anilines is 2. The standard InChI is InChI=1S/C16H26N2O/c1-3-5-6-7-8-12-16(19)18(4-2)15-11-9-10-14(17)13-15/h9-11,13H,3-8,12,17H2,1-2H3. The molecule has 1 rings (SSSR count). The minimum atomic E-state index is 0.199. The normalized spacial score (nSPS) is 10.4. The summed E-state index contributed by atoms with van der Waals surface area (Å²) in [6.07, 6.45) is 6.49. The second kappa shape index (κ2) is 8.57. The van der Waals surface area contributed by atoms with Gasteiger partial charge in [-0.05, 0) is 31.5 Å². The third-order valence-corrected chi connectivity index (χ3v) is 3.29. The van der Waals surface area contributed by atoms with Crippen molar-refractivity contribution in [3.05, 3.63) is 24.3 Å². The van der Waals surface area contributed by atoms with Crippen molar-refractivity contribution in [3.63, 3.8) is 0 Å². The molecule has 1 amide bonds. The Morgan fingerprint density at radius 2 is 1.89 bits per heavy atom. The molecule has 0 bridgehead atoms. The van der Waals surface area contributed by atoms with Crippen molar-refractivity contribution in [3.8, 4) is 0 Å². The smallest absolute Gasteiger partial charge is 0.226 e. The van der Waals surface area contributed by atoms with Crippen molar-refractivity contribution in [1.82, 2.24) is 0 Å². The second-order valence-corrected chi connectivity index (χ2v) is 4.90. The molecule has 0 aliphatic heterocycles. The quantitative estimate of drug-likeness (QED) is 0.569. The maximum absolute atomic E-state index is 12.2. The van der Waals surface area contributed by atoms with E-state index in [1.54, 1.807) is 0 Å². The molecule has 0 saturated heterocycles. The van der Waals surface area contributed by atoms with E-state index in [2.05, 4.69) is 6.92 Å². The first-order chi connectivity index (χ1) is 9.19. The summed E-state index contributed by atoms with van der Waals surface area (Å²) in [5, 5.41) is 0. The molecule has 1 aromatic rings. The molecule has 0 aromatic heterocycles. The van der Waals surface area contributed by atoms with Crippen molar-refractivity contribution < 1.29 is 4.79 Å². The van der Waals surface area contributed by atoms with Crippen LogP contribution in [0, 0.1) is 0 Å². The van der Waals surface area contributed by atoms with Crippen LogP contribution in [-0.2, 0) is 4.79 Å². The largest absolute Gasteiger partial charge is 0.399 e. The van der Waals surface area contributed by atoms with E-state index >= 15 is 0 Å². The van der Waals surface area contributed by atoms with Gasteiger partial charge in [0.25, 0.3) is 0 Å². The monoisotopic (exact) mass is 262 g/mol. The molecule has 3 heteroatoms. The molecule has 0 unspecified atom stereocenters. The third-order valence-electron chi connectivity index (χ3n) is 3.29. The van der Waals surface area contributed by atoms with Gasteiger partial charge in [-0.3, -0.25) is 4.79 Å². The Kier molecular flexibility index (Phi) is 7.01. The van der Waals surface area contributed by atoms with Gasteiger partial charge in [0.1, 0.15) is 0 Å². The number of carbonyl (C=O) groups excluding carboxylic acids is 1. The molecule has 106 valence electrons. The fourth-order valence-corrected chi connectivity index (χ4v) is 2.21. The topological polar surface area (TPSA) is 46.3 Å². The van der Waals surface area contributed by atoms with E-state index in [4.69, 9.17) is 5.73 Å². The Labute approximate surface area is 116 Å². The third kappa shape index (κ3) is 5.33. The van der Waals surface area contributed by atoms with Crippen LogP contribution in [0.1, 0.15) is 52.4 Å². The highest BCUT2D eigenvalue weighted by Crippen LogP contribution is 2.19. The van der Waals surface area contributed by atoms with Gasteiger partial charge in [-0.1, -0.05) is 38.7 Å². The molecule has 0 aliphatic carbocycles. The van der Waals surface area contributed by atoms with E-state index in [1.165, 1.54) is 19.3 Å². The molecular formula is C16H26N2O. The molecule has 0 atom stereocenters. The van der Waals surface area contributed by atoms with Gasteiger partial charge in [0.05, 0.1) is 0 Å². The molecule has 1 aromatic carbocycles. The lowest BCUT2D eigenvalue weighted by Crippen LogP contribution is -2.30. The van der Waals surface area contributed by atoms with E-state index in [0.717, 1.165) is 18.5 Å². The Bertz CT molecular complexity index is 390. The van der Waals surface area contributed by atoms with Gasteiger partial charge in [0, 0.05) is 24.3 Å². The predicted octanol–water partition coefficient (Wildman–Crippen LogP) is 3.98. The zero-order valence-electron chi connectivity index (χ0n) is 12.2. The van der Waals surface area contributed by atoms with Crippen molar-refractivity contribution in [1.29, 1.82) is 0 Å². The molecule has 0 aliphatic rings. The highest BCUT2D eigenvalue weighted by atomic mass is 16.2. The maximum Gasteiger partial charge on any atom is 0.226 e. The Balaban J connectivity index is 2.48. The van der Waals surface area contributed by atoms with Crippen LogP contribution in [0.2, 0.25) is 0 Å². The summed E-state index contributed by atoms with van der Waals surface area (Å²) in [5.41, 5.74) is 7.37. The van der Waals surface area contributed by atoms with Gasteiger partial charge >= 0.3 is 0 Å². The minimum Gasteiger partial charge on any atom is -0.399 e. The number of unbranched alkanes of at least 4 members (excludes halogenated alkanes) is 4. The van der Waals surface area contributed by atoms with Crippen molar-refractivity contribution in [2.24, 2.45) is 0 Å². The molecule has 0 fully saturated rings. The van der Waals surface area contributed by atoms with Crippen LogP contribution in [0.5, 0.6) is 0 Å². The number of hydrogen-bond donors (Lipinski definition) is 1. The molecule has 0 spiro atoms. The summed E-state index contributed by atoms with van der Waals surface area (Å²) in [6.45, 7) is 4.89. The fourth-order valence-electron chi connectivity index (χ4n) is 2.21. The van der Waals surface area contributed by atoms with Crippen LogP contribution < -0.4 is 10.6 Å². The van der Waals surface area contributed by atoms with Crippen molar-refractivity contribution in [2.75, 3.05) is 17.2 Å². The van der Waals surface area contributed by atoms with Gasteiger partial charge < -0.3 is 10.6 Å². The highest BCUT2D eigenvalue weighted by Gasteiger charge is 2.13. The number of nitrogen functional groups attached to an aromatic ring is 1. The average molecular weight is 262 g/mol. The van der Waals surface area contributed by atoms with Crippen LogP contribution in [0.4, 0.5) is 11.4 Å². The summed E-state index contributed by atoms with van der Waals surface area (Å²) in [5.74, 6) is 0.199. The molecule has 3 nitrogen and oxygen atoms in total. The van der Waals surface area contributed by atoms with E-state index in [9.17, 15) is 4.79 Å². The lowest BCUT2D eigenvalue weighted by molar-refractivity contribution is -0.118. The summed E-state index contributed by atoms with van der Waals surface area (Å²) in [6, 6.07) is 7.53. The average Bonchev–Trinajstić information content (AvgIpc) is 2.39. The van der Waals surface area contributed by atoms with Gasteiger partial charge in [-0.15, -0.1) is 0 Å². The van der Waals surface area contributed by atoms with Gasteiger partial charge in [0.2, 0.25) is 5.91 Å². The number of benzene rings is 1. The molecule has 0 saturated carbocycles. The van der Waals surface area contributed by atoms with Gasteiger partial charge in [0.15, 0.2) is 0 Å². The lowest BCUT2D eigenvalue weighted by Gasteiger charge is -2.21. The second-order valence-electron chi connectivity index (χ2n) is 4.90. The number of carbonyl (C=O) groups is 1. The maximum atomic E-state index is 12.2. The molecule has 0 heterocycles. The van der Waals surface area contributed by atoms with Crippen LogP contribution in [0.3, 0.4) is 0 Å². The fraction of sp³-hybridized carbons (Fsp3) is 0.562. The molecule has 0 radical (unpaired) electrons. The van der Waals surface area contributed by atoms with E-state index in [-0.39, 0.29) is 5.91 Å². The first kappa shape index (κ1) is 15.5. The Morgan fingerprint density at radius 1 is 1.16 bits per heavy atom. The first-order valence-electron chi connectivity index (χ1n) is 7.35. The zero-order chi connectivity index (χ0) is 14.1. The van der Waals surface area contributed by atoms with Crippen molar-refractivity contribution >= 4 is 17.3 Å². The number of nitrogens with zero attached hydrogens (tertiary/aromatic N) is 1. The van der Waals surface area contributed by atoms with Crippen LogP contribution in [0.15, 0.2) is 24.3 Å². The zero-order valence-corrected chi connectivity index (χ0v) is 12.2. The summed E-state index contributed by atoms with van der Waals surface area (Å²) in [7, 11) is 0.